The van der Waals surface area contributed by atoms with E-state index in [2.05, 4.69) is 20.9 Å². The maximum atomic E-state index is 12.9. The van der Waals surface area contributed by atoms with Gasteiger partial charge in [-0.1, -0.05) is 35.3 Å². The van der Waals surface area contributed by atoms with Gasteiger partial charge >= 0.3 is 0 Å². The summed E-state index contributed by atoms with van der Waals surface area (Å²) in [4.78, 5) is 24.2. The Morgan fingerprint density at radius 1 is 1.00 bits per heavy atom. The van der Waals surface area contributed by atoms with Crippen LogP contribution < -0.4 is 4.90 Å². The van der Waals surface area contributed by atoms with Gasteiger partial charge < -0.3 is 9.80 Å². The van der Waals surface area contributed by atoms with Gasteiger partial charge in [0, 0.05) is 62.1 Å². The molecule has 0 saturated carbocycles. The highest BCUT2D eigenvalue weighted by atomic mass is 35.5. The molecule has 1 atom stereocenters. The molecule has 1 aromatic carbocycles. The summed E-state index contributed by atoms with van der Waals surface area (Å²) in [6.07, 6.45) is 4.36. The van der Waals surface area contributed by atoms with Crippen molar-refractivity contribution in [3.63, 3.8) is 0 Å². The van der Waals surface area contributed by atoms with Crippen LogP contribution in [0.3, 0.4) is 0 Å². The Morgan fingerprint density at radius 3 is 2.47 bits per heavy atom. The number of hydrogen-bond donors (Lipinski definition) is 0. The molecule has 0 bridgehead atoms. The highest BCUT2D eigenvalue weighted by Crippen LogP contribution is 2.26. The van der Waals surface area contributed by atoms with Gasteiger partial charge in [-0.15, -0.1) is 0 Å². The first-order chi connectivity index (χ1) is 14.6. The lowest BCUT2D eigenvalue weighted by Crippen LogP contribution is -2.50. The molecule has 1 aromatic heterocycles. The van der Waals surface area contributed by atoms with Crippen molar-refractivity contribution in [2.75, 3.05) is 50.7 Å². The molecule has 160 valence electrons. The minimum atomic E-state index is 0.120. The van der Waals surface area contributed by atoms with E-state index in [1.807, 2.05) is 29.3 Å². The number of rotatable bonds is 5. The van der Waals surface area contributed by atoms with E-state index in [4.69, 9.17) is 23.2 Å². The topological polar surface area (TPSA) is 39.7 Å². The lowest BCUT2D eigenvalue weighted by atomic mass is 9.96. The Labute approximate surface area is 188 Å². The molecule has 0 spiro atoms. The number of benzene rings is 1. The first kappa shape index (κ1) is 21.4. The lowest BCUT2D eigenvalue weighted by molar-refractivity contribution is -0.132. The molecule has 30 heavy (non-hydrogen) atoms. The van der Waals surface area contributed by atoms with Gasteiger partial charge in [0.2, 0.25) is 5.91 Å². The largest absolute Gasteiger partial charge is 0.354 e. The summed E-state index contributed by atoms with van der Waals surface area (Å²) in [7, 11) is 0. The minimum absolute atomic E-state index is 0.120. The van der Waals surface area contributed by atoms with Gasteiger partial charge in [-0.3, -0.25) is 9.69 Å². The number of hydrogen-bond acceptors (Lipinski definition) is 4. The Balaban J connectivity index is 1.28. The number of carbonyl (C=O) groups excluding carboxylic acids is 1. The Morgan fingerprint density at radius 2 is 1.77 bits per heavy atom. The van der Waals surface area contributed by atoms with E-state index >= 15 is 0 Å². The Bertz CT molecular complexity index is 835. The number of nitrogens with zero attached hydrogens (tertiary/aromatic N) is 4. The van der Waals surface area contributed by atoms with E-state index in [0.29, 0.717) is 16.0 Å². The predicted octanol–water partition coefficient (Wildman–Crippen LogP) is 3.99. The van der Waals surface area contributed by atoms with E-state index in [9.17, 15) is 4.79 Å². The van der Waals surface area contributed by atoms with E-state index in [-0.39, 0.29) is 12.3 Å². The van der Waals surface area contributed by atoms with Crippen molar-refractivity contribution in [2.24, 2.45) is 5.92 Å². The summed E-state index contributed by atoms with van der Waals surface area (Å²) in [5, 5.41) is 1.13. The third-order valence-electron chi connectivity index (χ3n) is 6.12. The fourth-order valence-corrected chi connectivity index (χ4v) is 5.00. The number of anilines is 1. The minimum Gasteiger partial charge on any atom is -0.354 e. The summed E-state index contributed by atoms with van der Waals surface area (Å²) in [6.45, 7) is 6.76. The third kappa shape index (κ3) is 5.26. The molecule has 2 fully saturated rings. The van der Waals surface area contributed by atoms with Crippen molar-refractivity contribution < 1.29 is 4.79 Å². The molecule has 5 nitrogen and oxygen atoms in total. The average Bonchev–Trinajstić information content (AvgIpc) is 2.77. The Hall–Kier alpha value is -1.82. The van der Waals surface area contributed by atoms with E-state index < -0.39 is 0 Å². The van der Waals surface area contributed by atoms with Crippen LogP contribution >= 0.6 is 23.2 Å². The first-order valence-electron chi connectivity index (χ1n) is 10.7. The van der Waals surface area contributed by atoms with Crippen LogP contribution in [0.1, 0.15) is 18.4 Å². The van der Waals surface area contributed by atoms with Crippen LogP contribution in [0.4, 0.5) is 5.82 Å². The Kier molecular flexibility index (Phi) is 7.13. The van der Waals surface area contributed by atoms with Crippen LogP contribution in [-0.4, -0.2) is 66.5 Å². The second-order valence-electron chi connectivity index (χ2n) is 8.20. The van der Waals surface area contributed by atoms with Gasteiger partial charge in [-0.25, -0.2) is 4.98 Å². The molecular weight excluding hydrogens is 419 g/mol. The summed E-state index contributed by atoms with van der Waals surface area (Å²) in [5.41, 5.74) is 0.735. The van der Waals surface area contributed by atoms with Crippen LogP contribution in [0.25, 0.3) is 0 Å². The molecule has 3 heterocycles. The molecule has 2 aliphatic heterocycles. The number of amides is 1. The smallest absolute Gasteiger partial charge is 0.227 e. The number of piperidine rings is 1. The molecular formula is C23H28Cl2N4O. The van der Waals surface area contributed by atoms with Crippen molar-refractivity contribution in [3.05, 3.63) is 58.2 Å². The van der Waals surface area contributed by atoms with E-state index in [1.165, 1.54) is 6.42 Å². The maximum Gasteiger partial charge on any atom is 0.227 e. The van der Waals surface area contributed by atoms with Crippen LogP contribution in [-0.2, 0) is 11.2 Å². The molecule has 7 heteroatoms. The van der Waals surface area contributed by atoms with Gasteiger partial charge in [0.05, 0.1) is 6.42 Å². The molecule has 0 radical (unpaired) electrons. The number of halogens is 2. The van der Waals surface area contributed by atoms with Gasteiger partial charge in [0.15, 0.2) is 0 Å². The summed E-state index contributed by atoms with van der Waals surface area (Å²) >= 11 is 12.5. The number of pyridine rings is 1. The van der Waals surface area contributed by atoms with Gasteiger partial charge in [0.1, 0.15) is 5.82 Å². The third-order valence-corrected chi connectivity index (χ3v) is 6.83. The molecule has 0 N–H and O–H groups in total. The molecule has 0 aliphatic carbocycles. The van der Waals surface area contributed by atoms with Gasteiger partial charge in [0.25, 0.3) is 0 Å². The van der Waals surface area contributed by atoms with Gasteiger partial charge in [-0.2, -0.15) is 0 Å². The van der Waals surface area contributed by atoms with Gasteiger partial charge in [-0.05, 0) is 48.6 Å². The molecule has 2 saturated heterocycles. The molecule has 2 aromatic rings. The fourth-order valence-electron chi connectivity index (χ4n) is 4.47. The predicted molar refractivity (Wildman–Crippen MR) is 122 cm³/mol. The molecule has 4 rings (SSSR count). The van der Waals surface area contributed by atoms with Crippen LogP contribution in [0.5, 0.6) is 0 Å². The monoisotopic (exact) mass is 446 g/mol. The molecule has 2 aliphatic rings. The quantitative estimate of drug-likeness (QED) is 0.695. The normalized spacial score (nSPS) is 20.4. The van der Waals surface area contributed by atoms with E-state index in [0.717, 1.165) is 63.6 Å². The fraction of sp³-hybridized carbons (Fsp3) is 0.478. The lowest BCUT2D eigenvalue weighted by Gasteiger charge is -2.39. The van der Waals surface area contributed by atoms with Crippen LogP contribution in [0.2, 0.25) is 10.0 Å². The standard InChI is InChI=1S/C23H28Cl2N4O/c24-20-6-3-7-21(25)19(20)15-23(30)29-10-4-5-18(17-29)16-27-11-13-28(14-12-27)22-8-1-2-9-26-22/h1-3,6-9,18H,4-5,10-17H2. The van der Waals surface area contributed by atoms with Crippen molar-refractivity contribution in [3.8, 4) is 0 Å². The summed E-state index contributed by atoms with van der Waals surface area (Å²) < 4.78 is 0. The number of aromatic nitrogens is 1. The van der Waals surface area contributed by atoms with Crippen molar-refractivity contribution in [1.29, 1.82) is 0 Å². The second kappa shape index (κ2) is 9.99. The SMILES string of the molecule is O=C(Cc1c(Cl)cccc1Cl)N1CCCC(CN2CCN(c3ccccn3)CC2)C1. The van der Waals surface area contributed by atoms with Crippen molar-refractivity contribution in [2.45, 2.75) is 19.3 Å². The van der Waals surface area contributed by atoms with E-state index in [1.54, 1.807) is 12.1 Å². The zero-order valence-corrected chi connectivity index (χ0v) is 18.7. The summed E-state index contributed by atoms with van der Waals surface area (Å²) in [5.74, 6) is 1.70. The number of likely N-dealkylation sites (tertiary alicyclic amines) is 1. The molecule has 1 amide bonds. The zero-order chi connectivity index (χ0) is 20.9. The second-order valence-corrected chi connectivity index (χ2v) is 9.01. The van der Waals surface area contributed by atoms with Crippen LogP contribution in [0, 0.1) is 5.92 Å². The highest BCUT2D eigenvalue weighted by Gasteiger charge is 2.27. The van der Waals surface area contributed by atoms with Crippen molar-refractivity contribution in [1.82, 2.24) is 14.8 Å². The average molecular weight is 447 g/mol. The first-order valence-corrected chi connectivity index (χ1v) is 11.4. The van der Waals surface area contributed by atoms with Crippen LogP contribution in [0.15, 0.2) is 42.6 Å². The summed E-state index contributed by atoms with van der Waals surface area (Å²) in [6, 6.07) is 11.5. The molecule has 1 unspecified atom stereocenters. The maximum absolute atomic E-state index is 12.9. The number of piperazine rings is 1. The van der Waals surface area contributed by atoms with Crippen molar-refractivity contribution >= 4 is 34.9 Å². The zero-order valence-electron chi connectivity index (χ0n) is 17.1. The highest BCUT2D eigenvalue weighted by molar-refractivity contribution is 6.36. The number of carbonyl (C=O) groups is 1.